The van der Waals surface area contributed by atoms with Crippen LogP contribution in [-0.2, 0) is 26.3 Å². The summed E-state index contributed by atoms with van der Waals surface area (Å²) in [5.74, 6) is 0.397. The highest BCUT2D eigenvalue weighted by atomic mass is 16.5. The fourth-order valence-corrected chi connectivity index (χ4v) is 5.69. The molecule has 1 heterocycles. The van der Waals surface area contributed by atoms with Crippen LogP contribution in [0.3, 0.4) is 0 Å². The highest BCUT2D eigenvalue weighted by Crippen LogP contribution is 2.42. The summed E-state index contributed by atoms with van der Waals surface area (Å²) in [7, 11) is 1.27. The SMILES string of the molecule is COC(=O)N[C@@H](Cc1ccccc1)C(=O)NCCC[C@@H](C1CC1)N1C(=N)N[C@](CC(C)C)(c2ccccc2)C1=O. The second-order valence-electron chi connectivity index (χ2n) is 11.2. The van der Waals surface area contributed by atoms with Crippen molar-refractivity contribution in [2.45, 2.75) is 70.0 Å². The lowest BCUT2D eigenvalue weighted by molar-refractivity contribution is -0.134. The van der Waals surface area contributed by atoms with Crippen LogP contribution in [0.25, 0.3) is 0 Å². The lowest BCUT2D eigenvalue weighted by Gasteiger charge is -2.31. The van der Waals surface area contributed by atoms with Crippen molar-refractivity contribution in [3.05, 3.63) is 71.8 Å². The van der Waals surface area contributed by atoms with Gasteiger partial charge in [-0.1, -0.05) is 74.5 Å². The van der Waals surface area contributed by atoms with Gasteiger partial charge in [0, 0.05) is 19.0 Å². The van der Waals surface area contributed by atoms with Crippen molar-refractivity contribution >= 4 is 23.9 Å². The summed E-state index contributed by atoms with van der Waals surface area (Å²) in [5, 5.41) is 17.7. The lowest BCUT2D eigenvalue weighted by atomic mass is 9.82. The Labute approximate surface area is 236 Å². The van der Waals surface area contributed by atoms with Crippen LogP contribution >= 0.6 is 0 Å². The summed E-state index contributed by atoms with van der Waals surface area (Å²) in [6, 6.07) is 18.3. The predicted octanol–water partition coefficient (Wildman–Crippen LogP) is 3.94. The smallest absolute Gasteiger partial charge is 0.407 e. The van der Waals surface area contributed by atoms with E-state index in [0.29, 0.717) is 38.1 Å². The Hall–Kier alpha value is -3.88. The van der Waals surface area contributed by atoms with Gasteiger partial charge in [0.15, 0.2) is 5.96 Å². The van der Waals surface area contributed by atoms with Gasteiger partial charge in [0.05, 0.1) is 7.11 Å². The highest BCUT2D eigenvalue weighted by Gasteiger charge is 2.54. The predicted molar refractivity (Wildman–Crippen MR) is 154 cm³/mol. The number of nitrogens with one attached hydrogen (secondary N) is 4. The van der Waals surface area contributed by atoms with E-state index < -0.39 is 17.7 Å². The van der Waals surface area contributed by atoms with Gasteiger partial charge >= 0.3 is 6.09 Å². The van der Waals surface area contributed by atoms with Crippen LogP contribution < -0.4 is 16.0 Å². The second-order valence-corrected chi connectivity index (χ2v) is 11.2. The van der Waals surface area contributed by atoms with Crippen molar-refractivity contribution in [2.24, 2.45) is 11.8 Å². The number of guanidine groups is 1. The van der Waals surface area contributed by atoms with E-state index in [9.17, 15) is 14.4 Å². The first-order chi connectivity index (χ1) is 19.2. The normalized spacial score (nSPS) is 20.1. The molecule has 4 N–H and O–H groups in total. The molecule has 4 rings (SSSR count). The summed E-state index contributed by atoms with van der Waals surface area (Å²) in [6.45, 7) is 4.58. The minimum atomic E-state index is -0.946. The Morgan fingerprint density at radius 2 is 1.75 bits per heavy atom. The van der Waals surface area contributed by atoms with Crippen molar-refractivity contribution in [2.75, 3.05) is 13.7 Å². The van der Waals surface area contributed by atoms with Crippen LogP contribution in [0.15, 0.2) is 60.7 Å². The summed E-state index contributed by atoms with van der Waals surface area (Å²) in [5.41, 5.74) is 0.859. The largest absolute Gasteiger partial charge is 0.453 e. The number of carbonyl (C=O) groups is 3. The van der Waals surface area contributed by atoms with E-state index in [-0.39, 0.29) is 29.7 Å². The van der Waals surface area contributed by atoms with Crippen molar-refractivity contribution < 1.29 is 19.1 Å². The molecule has 9 nitrogen and oxygen atoms in total. The van der Waals surface area contributed by atoms with E-state index in [1.165, 1.54) is 7.11 Å². The molecule has 1 aliphatic carbocycles. The van der Waals surface area contributed by atoms with Crippen LogP contribution in [0.5, 0.6) is 0 Å². The minimum absolute atomic E-state index is 0.0662. The number of methoxy groups -OCH3 is 1. The van der Waals surface area contributed by atoms with E-state index >= 15 is 0 Å². The van der Waals surface area contributed by atoms with Gasteiger partial charge in [0.25, 0.3) is 5.91 Å². The Morgan fingerprint density at radius 1 is 1.10 bits per heavy atom. The van der Waals surface area contributed by atoms with Crippen molar-refractivity contribution in [1.29, 1.82) is 5.41 Å². The van der Waals surface area contributed by atoms with Crippen LogP contribution in [0.1, 0.15) is 57.1 Å². The third-order valence-corrected chi connectivity index (χ3v) is 7.69. The van der Waals surface area contributed by atoms with Crippen molar-refractivity contribution in [3.63, 3.8) is 0 Å². The fraction of sp³-hybridized carbons (Fsp3) is 0.484. The van der Waals surface area contributed by atoms with Crippen LogP contribution in [0.4, 0.5) is 4.79 Å². The first-order valence-electron chi connectivity index (χ1n) is 14.2. The third kappa shape index (κ3) is 6.81. The average Bonchev–Trinajstić information content (AvgIpc) is 3.76. The molecule has 0 aromatic heterocycles. The van der Waals surface area contributed by atoms with Crippen LogP contribution in [0.2, 0.25) is 0 Å². The number of amides is 3. The summed E-state index contributed by atoms with van der Waals surface area (Å²) < 4.78 is 4.72. The van der Waals surface area contributed by atoms with Gasteiger partial charge in [0.2, 0.25) is 5.91 Å². The van der Waals surface area contributed by atoms with Gasteiger partial charge < -0.3 is 20.7 Å². The number of benzene rings is 2. The molecule has 2 fully saturated rings. The summed E-state index contributed by atoms with van der Waals surface area (Å²) >= 11 is 0. The molecule has 2 aromatic rings. The maximum atomic E-state index is 14.1. The number of hydrogen-bond donors (Lipinski definition) is 4. The molecule has 9 heteroatoms. The molecule has 1 aliphatic heterocycles. The van der Waals surface area contributed by atoms with Gasteiger partial charge in [-0.3, -0.25) is 19.9 Å². The third-order valence-electron chi connectivity index (χ3n) is 7.69. The van der Waals surface area contributed by atoms with Gasteiger partial charge in [0.1, 0.15) is 11.6 Å². The first-order valence-corrected chi connectivity index (χ1v) is 14.2. The molecule has 1 saturated carbocycles. The van der Waals surface area contributed by atoms with E-state index in [1.807, 2.05) is 60.7 Å². The Bertz CT molecular complexity index is 1180. The molecule has 40 heavy (non-hydrogen) atoms. The van der Waals surface area contributed by atoms with E-state index in [2.05, 4.69) is 29.8 Å². The molecule has 0 radical (unpaired) electrons. The monoisotopic (exact) mass is 547 g/mol. The molecule has 0 unspecified atom stereocenters. The Balaban J connectivity index is 1.40. The molecule has 3 amide bonds. The number of carbonyl (C=O) groups excluding carboxylic acids is 3. The number of rotatable bonds is 13. The van der Waals surface area contributed by atoms with E-state index in [1.54, 1.807) is 4.90 Å². The molecule has 214 valence electrons. The zero-order valence-corrected chi connectivity index (χ0v) is 23.6. The zero-order chi connectivity index (χ0) is 28.7. The average molecular weight is 548 g/mol. The highest BCUT2D eigenvalue weighted by molar-refractivity contribution is 6.08. The first kappa shape index (κ1) is 29.1. The Morgan fingerprint density at radius 3 is 2.35 bits per heavy atom. The molecule has 2 aromatic carbocycles. The maximum absolute atomic E-state index is 14.1. The molecule has 0 bridgehead atoms. The fourth-order valence-electron chi connectivity index (χ4n) is 5.69. The zero-order valence-electron chi connectivity index (χ0n) is 23.6. The molecular weight excluding hydrogens is 506 g/mol. The number of alkyl carbamates (subject to hydrolysis) is 1. The minimum Gasteiger partial charge on any atom is -0.453 e. The van der Waals surface area contributed by atoms with Gasteiger partial charge in [-0.2, -0.15) is 0 Å². The van der Waals surface area contributed by atoms with E-state index in [4.69, 9.17) is 10.1 Å². The van der Waals surface area contributed by atoms with Gasteiger partial charge in [-0.15, -0.1) is 0 Å². The van der Waals surface area contributed by atoms with Crippen LogP contribution in [-0.4, -0.2) is 54.5 Å². The summed E-state index contributed by atoms with van der Waals surface area (Å²) in [4.78, 5) is 40.6. The standard InChI is InChI=1S/C31H41N5O4/c1-21(2)20-31(24-13-8-5-9-14-24)28(38)36(29(32)35-31)26(23-16-17-23)15-10-18-33-27(37)25(34-30(39)40-3)19-22-11-6-4-7-12-22/h4-9,11-14,21,23,25-26H,10,15-20H2,1-3H3,(H2,32,35)(H,33,37)(H,34,39)/t25-,26-,31+/m0/s1. The van der Waals surface area contributed by atoms with Crippen molar-refractivity contribution in [3.8, 4) is 0 Å². The second kappa shape index (κ2) is 13.0. The number of nitrogens with zero attached hydrogens (tertiary/aromatic N) is 1. The molecular formula is C31H41N5O4. The topological polar surface area (TPSA) is 124 Å². The quantitative estimate of drug-likeness (QED) is 0.283. The maximum Gasteiger partial charge on any atom is 0.407 e. The summed E-state index contributed by atoms with van der Waals surface area (Å²) in [6.07, 6.45) is 3.64. The Kier molecular flexibility index (Phi) is 9.45. The number of hydrogen-bond acceptors (Lipinski definition) is 5. The molecule has 1 saturated heterocycles. The van der Waals surface area contributed by atoms with Gasteiger partial charge in [-0.05, 0) is 55.1 Å². The lowest BCUT2D eigenvalue weighted by Crippen LogP contribution is -2.48. The van der Waals surface area contributed by atoms with Gasteiger partial charge in [-0.25, -0.2) is 4.79 Å². The van der Waals surface area contributed by atoms with Crippen LogP contribution in [0, 0.1) is 17.2 Å². The van der Waals surface area contributed by atoms with Crippen molar-refractivity contribution in [1.82, 2.24) is 20.9 Å². The number of ether oxygens (including phenoxy) is 1. The molecule has 0 spiro atoms. The molecule has 3 atom stereocenters. The molecule has 2 aliphatic rings. The van der Waals surface area contributed by atoms with E-state index in [0.717, 1.165) is 24.0 Å².